The van der Waals surface area contributed by atoms with Crippen LogP contribution < -0.4 is 0 Å². The van der Waals surface area contributed by atoms with Gasteiger partial charge >= 0.3 is 5.97 Å². The highest BCUT2D eigenvalue weighted by Crippen LogP contribution is 2.22. The van der Waals surface area contributed by atoms with E-state index in [9.17, 15) is 14.0 Å². The van der Waals surface area contributed by atoms with E-state index in [0.29, 0.717) is 5.56 Å². The molecule has 0 saturated carbocycles. The van der Waals surface area contributed by atoms with Crippen LogP contribution >= 0.6 is 0 Å². The average Bonchev–Trinajstić information content (AvgIpc) is 2.35. The molecule has 0 saturated heterocycles. The summed E-state index contributed by atoms with van der Waals surface area (Å²) in [6.45, 7) is 3.63. The first kappa shape index (κ1) is 14.1. The van der Waals surface area contributed by atoms with Crippen molar-refractivity contribution in [2.45, 2.75) is 18.8 Å². The molecule has 18 heavy (non-hydrogen) atoms. The lowest BCUT2D eigenvalue weighted by Gasteiger charge is -2.11. The molecule has 1 aromatic carbocycles. The molecule has 0 fully saturated rings. The SMILES string of the molecule is C=CC(CC(=O)CC(=O)OC)c1cccc(F)c1. The van der Waals surface area contributed by atoms with E-state index in [0.717, 1.165) is 0 Å². The van der Waals surface area contributed by atoms with Crippen LogP contribution in [0.15, 0.2) is 36.9 Å². The molecular weight excluding hydrogens is 235 g/mol. The molecule has 0 aliphatic carbocycles. The largest absolute Gasteiger partial charge is 0.469 e. The molecule has 0 radical (unpaired) electrons. The number of methoxy groups -OCH3 is 1. The van der Waals surface area contributed by atoms with Gasteiger partial charge in [0.15, 0.2) is 0 Å². The summed E-state index contributed by atoms with van der Waals surface area (Å²) in [6.07, 6.45) is 1.42. The predicted molar refractivity (Wildman–Crippen MR) is 65.6 cm³/mol. The fourth-order valence-corrected chi connectivity index (χ4v) is 1.63. The normalized spacial score (nSPS) is 11.7. The molecule has 1 unspecified atom stereocenters. The van der Waals surface area contributed by atoms with Crippen molar-refractivity contribution >= 4 is 11.8 Å². The van der Waals surface area contributed by atoms with E-state index >= 15 is 0 Å². The number of halogens is 1. The number of rotatable bonds is 6. The second kappa shape index (κ2) is 6.69. The fourth-order valence-electron chi connectivity index (χ4n) is 1.63. The minimum atomic E-state index is -0.568. The van der Waals surface area contributed by atoms with Crippen LogP contribution in [0.5, 0.6) is 0 Å². The van der Waals surface area contributed by atoms with Gasteiger partial charge in [0.2, 0.25) is 0 Å². The van der Waals surface area contributed by atoms with Gasteiger partial charge in [0.25, 0.3) is 0 Å². The van der Waals surface area contributed by atoms with Crippen molar-refractivity contribution in [1.82, 2.24) is 0 Å². The molecule has 0 aromatic heterocycles. The Kier molecular flexibility index (Phi) is 5.24. The first-order valence-electron chi connectivity index (χ1n) is 5.53. The lowest BCUT2D eigenvalue weighted by molar-refractivity contribution is -0.143. The Morgan fingerprint density at radius 2 is 2.22 bits per heavy atom. The number of carbonyl (C=O) groups is 2. The second-order valence-electron chi connectivity index (χ2n) is 3.89. The van der Waals surface area contributed by atoms with Crippen LogP contribution in [0.1, 0.15) is 24.3 Å². The number of esters is 1. The summed E-state index contributed by atoms with van der Waals surface area (Å²) in [5, 5.41) is 0. The molecule has 0 amide bonds. The van der Waals surface area contributed by atoms with E-state index in [1.807, 2.05) is 0 Å². The number of Topliss-reactive ketones (excluding diaryl/α,β-unsaturated/α-hetero) is 1. The highest BCUT2D eigenvalue weighted by molar-refractivity contribution is 5.95. The van der Waals surface area contributed by atoms with Gasteiger partial charge in [-0.15, -0.1) is 6.58 Å². The fraction of sp³-hybridized carbons (Fsp3) is 0.286. The van der Waals surface area contributed by atoms with Crippen LogP contribution in [0.3, 0.4) is 0 Å². The minimum Gasteiger partial charge on any atom is -0.469 e. The van der Waals surface area contributed by atoms with E-state index in [-0.39, 0.29) is 30.4 Å². The van der Waals surface area contributed by atoms with Gasteiger partial charge < -0.3 is 4.74 Å². The smallest absolute Gasteiger partial charge is 0.313 e. The van der Waals surface area contributed by atoms with Gasteiger partial charge in [0.05, 0.1) is 7.11 Å². The zero-order valence-electron chi connectivity index (χ0n) is 10.2. The Balaban J connectivity index is 2.70. The zero-order valence-corrected chi connectivity index (χ0v) is 10.2. The van der Waals surface area contributed by atoms with Crippen LogP contribution in [0.4, 0.5) is 4.39 Å². The highest BCUT2D eigenvalue weighted by atomic mass is 19.1. The number of hydrogen-bond donors (Lipinski definition) is 0. The first-order chi connectivity index (χ1) is 8.56. The summed E-state index contributed by atoms with van der Waals surface area (Å²) in [6, 6.07) is 5.99. The van der Waals surface area contributed by atoms with E-state index in [1.54, 1.807) is 18.2 Å². The standard InChI is InChI=1S/C14H15FO3/c1-3-10(8-13(16)9-14(17)18-2)11-5-4-6-12(15)7-11/h3-7,10H,1,8-9H2,2H3. The molecular formula is C14H15FO3. The van der Waals surface area contributed by atoms with E-state index in [4.69, 9.17) is 0 Å². The number of hydrogen-bond acceptors (Lipinski definition) is 3. The van der Waals surface area contributed by atoms with Gasteiger partial charge in [-0.1, -0.05) is 18.2 Å². The van der Waals surface area contributed by atoms with Gasteiger partial charge in [0, 0.05) is 12.3 Å². The van der Waals surface area contributed by atoms with Gasteiger partial charge in [-0.2, -0.15) is 0 Å². The predicted octanol–water partition coefficient (Wildman–Crippen LogP) is 2.62. The van der Waals surface area contributed by atoms with Gasteiger partial charge in [0.1, 0.15) is 18.0 Å². The zero-order chi connectivity index (χ0) is 13.5. The lowest BCUT2D eigenvalue weighted by Crippen LogP contribution is -2.12. The molecule has 3 nitrogen and oxygen atoms in total. The Hall–Kier alpha value is -1.97. The van der Waals surface area contributed by atoms with Crippen LogP contribution in [0.25, 0.3) is 0 Å². The molecule has 1 rings (SSSR count). The maximum Gasteiger partial charge on any atom is 0.313 e. The topological polar surface area (TPSA) is 43.4 Å². The van der Waals surface area contributed by atoms with Crippen molar-refractivity contribution in [3.8, 4) is 0 Å². The van der Waals surface area contributed by atoms with Crippen molar-refractivity contribution in [3.05, 3.63) is 48.3 Å². The summed E-state index contributed by atoms with van der Waals surface area (Å²) in [5.41, 5.74) is 0.670. The summed E-state index contributed by atoms with van der Waals surface area (Å²) in [7, 11) is 1.23. The number of ether oxygens (including phenoxy) is 1. The van der Waals surface area contributed by atoms with Gasteiger partial charge in [-0.25, -0.2) is 4.39 Å². The third-order valence-corrected chi connectivity index (χ3v) is 2.58. The summed E-state index contributed by atoms with van der Waals surface area (Å²) in [4.78, 5) is 22.6. The maximum atomic E-state index is 13.1. The molecule has 0 bridgehead atoms. The Morgan fingerprint density at radius 3 is 2.78 bits per heavy atom. The molecule has 96 valence electrons. The molecule has 0 N–H and O–H groups in total. The molecule has 1 aromatic rings. The number of allylic oxidation sites excluding steroid dienone is 1. The van der Waals surface area contributed by atoms with E-state index in [2.05, 4.69) is 11.3 Å². The Morgan fingerprint density at radius 1 is 1.50 bits per heavy atom. The summed E-state index contributed by atoms with van der Waals surface area (Å²) >= 11 is 0. The van der Waals surface area contributed by atoms with Crippen LogP contribution in [-0.4, -0.2) is 18.9 Å². The first-order valence-corrected chi connectivity index (χ1v) is 5.53. The van der Waals surface area contributed by atoms with Gasteiger partial charge in [-0.05, 0) is 17.7 Å². The molecule has 4 heteroatoms. The summed E-state index contributed by atoms with van der Waals surface area (Å²) in [5.74, 6) is -1.48. The van der Waals surface area contributed by atoms with Crippen LogP contribution in [0.2, 0.25) is 0 Å². The van der Waals surface area contributed by atoms with Crippen molar-refractivity contribution in [2.75, 3.05) is 7.11 Å². The molecule has 0 heterocycles. The molecule has 0 aliphatic heterocycles. The van der Waals surface area contributed by atoms with Crippen molar-refractivity contribution < 1.29 is 18.7 Å². The number of ketones is 1. The minimum absolute atomic E-state index is 0.113. The number of benzene rings is 1. The second-order valence-corrected chi connectivity index (χ2v) is 3.89. The van der Waals surface area contributed by atoms with Crippen LogP contribution in [-0.2, 0) is 14.3 Å². The molecule has 0 aliphatic rings. The lowest BCUT2D eigenvalue weighted by atomic mass is 9.93. The summed E-state index contributed by atoms with van der Waals surface area (Å²) < 4.78 is 17.5. The quantitative estimate of drug-likeness (QED) is 0.443. The third-order valence-electron chi connectivity index (χ3n) is 2.58. The van der Waals surface area contributed by atoms with Crippen molar-refractivity contribution in [2.24, 2.45) is 0 Å². The van der Waals surface area contributed by atoms with Gasteiger partial charge in [-0.3, -0.25) is 9.59 Å². The maximum absolute atomic E-state index is 13.1. The monoisotopic (exact) mass is 250 g/mol. The highest BCUT2D eigenvalue weighted by Gasteiger charge is 2.16. The Labute approximate surface area is 105 Å². The third kappa shape index (κ3) is 4.13. The van der Waals surface area contributed by atoms with Crippen LogP contribution in [0, 0.1) is 5.82 Å². The Bertz CT molecular complexity index is 454. The molecule has 0 spiro atoms. The van der Waals surface area contributed by atoms with Crippen molar-refractivity contribution in [1.29, 1.82) is 0 Å². The number of carbonyl (C=O) groups excluding carboxylic acids is 2. The van der Waals surface area contributed by atoms with E-state index in [1.165, 1.54) is 19.2 Å². The average molecular weight is 250 g/mol. The van der Waals surface area contributed by atoms with Crippen molar-refractivity contribution in [3.63, 3.8) is 0 Å². The molecule has 1 atom stereocenters. The van der Waals surface area contributed by atoms with E-state index < -0.39 is 5.97 Å².